The van der Waals surface area contributed by atoms with Crippen molar-refractivity contribution in [2.45, 2.75) is 64.0 Å². The maximum atomic E-state index is 12.8. The summed E-state index contributed by atoms with van der Waals surface area (Å²) in [6.07, 6.45) is 6.87. The van der Waals surface area contributed by atoms with Gasteiger partial charge in [-0.05, 0) is 44.7 Å². The average Bonchev–Trinajstić information content (AvgIpc) is 3.04. The minimum absolute atomic E-state index is 0.0504. The first-order chi connectivity index (χ1) is 14.5. The molecule has 1 N–H and O–H groups in total. The van der Waals surface area contributed by atoms with Crippen molar-refractivity contribution >= 4 is 23.6 Å². The van der Waals surface area contributed by atoms with Crippen LogP contribution in [0.2, 0.25) is 0 Å². The number of likely N-dealkylation sites (tertiary alicyclic amines) is 1. The highest BCUT2D eigenvalue weighted by atomic mass is 16.2. The summed E-state index contributed by atoms with van der Waals surface area (Å²) in [6, 6.07) is 5.71. The van der Waals surface area contributed by atoms with Crippen LogP contribution in [0.15, 0.2) is 24.3 Å². The second-order valence-electron chi connectivity index (χ2n) is 8.64. The van der Waals surface area contributed by atoms with E-state index in [1.807, 2.05) is 4.90 Å². The minimum Gasteiger partial charge on any atom is -0.351 e. The number of nitrogens with zero attached hydrogens (tertiary/aromatic N) is 2. The fourth-order valence-corrected chi connectivity index (χ4v) is 4.85. The van der Waals surface area contributed by atoms with Gasteiger partial charge >= 0.3 is 0 Å². The van der Waals surface area contributed by atoms with Crippen LogP contribution in [0.1, 0.15) is 72.6 Å². The fourth-order valence-electron chi connectivity index (χ4n) is 4.85. The molecule has 1 aliphatic carbocycles. The van der Waals surface area contributed by atoms with Gasteiger partial charge in [0, 0.05) is 25.0 Å². The standard InChI is InChI=1S/C23H29N3O4/c1-15(26-22(29)18-9-5-6-10-19(18)23(26)30)20(27)24-17-11-13-25(14-12-17)21(28)16-7-3-2-4-8-16/h5-6,9-10,15-17H,2-4,7-8,11-14H2,1H3,(H,24,27). The highest BCUT2D eigenvalue weighted by molar-refractivity contribution is 6.22. The lowest BCUT2D eigenvalue weighted by atomic mass is 9.87. The Kier molecular flexibility index (Phi) is 5.88. The Hall–Kier alpha value is -2.70. The quantitative estimate of drug-likeness (QED) is 0.771. The summed E-state index contributed by atoms with van der Waals surface area (Å²) >= 11 is 0. The van der Waals surface area contributed by atoms with Crippen molar-refractivity contribution in [3.63, 3.8) is 0 Å². The maximum absolute atomic E-state index is 12.8. The molecule has 0 spiro atoms. The van der Waals surface area contributed by atoms with E-state index >= 15 is 0 Å². The number of benzene rings is 1. The fraction of sp³-hybridized carbons (Fsp3) is 0.565. The Morgan fingerprint density at radius 2 is 1.50 bits per heavy atom. The number of piperidine rings is 1. The van der Waals surface area contributed by atoms with Crippen molar-refractivity contribution in [1.82, 2.24) is 15.1 Å². The third-order valence-electron chi connectivity index (χ3n) is 6.70. The van der Waals surface area contributed by atoms with E-state index in [0.29, 0.717) is 37.1 Å². The van der Waals surface area contributed by atoms with Crippen LogP contribution in [0, 0.1) is 5.92 Å². The molecule has 7 heteroatoms. The summed E-state index contributed by atoms with van der Waals surface area (Å²) in [7, 11) is 0. The van der Waals surface area contributed by atoms with Crippen molar-refractivity contribution in [2.75, 3.05) is 13.1 Å². The van der Waals surface area contributed by atoms with Gasteiger partial charge in [-0.3, -0.25) is 24.1 Å². The van der Waals surface area contributed by atoms with Crippen LogP contribution in [0.3, 0.4) is 0 Å². The van der Waals surface area contributed by atoms with Crippen LogP contribution >= 0.6 is 0 Å². The Morgan fingerprint density at radius 3 is 2.07 bits per heavy atom. The van der Waals surface area contributed by atoms with Gasteiger partial charge < -0.3 is 10.2 Å². The smallest absolute Gasteiger partial charge is 0.262 e. The van der Waals surface area contributed by atoms with E-state index in [4.69, 9.17) is 0 Å². The average molecular weight is 412 g/mol. The molecule has 1 saturated heterocycles. The third-order valence-corrected chi connectivity index (χ3v) is 6.70. The molecule has 0 radical (unpaired) electrons. The second kappa shape index (κ2) is 8.58. The van der Waals surface area contributed by atoms with Gasteiger partial charge in [0.05, 0.1) is 11.1 Å². The van der Waals surface area contributed by atoms with Gasteiger partial charge in [0.15, 0.2) is 0 Å². The molecular formula is C23H29N3O4. The zero-order chi connectivity index (χ0) is 21.3. The largest absolute Gasteiger partial charge is 0.351 e. The normalized spacial score (nSPS) is 21.5. The van der Waals surface area contributed by atoms with E-state index in [2.05, 4.69) is 5.32 Å². The van der Waals surface area contributed by atoms with Gasteiger partial charge in [-0.25, -0.2) is 0 Å². The lowest BCUT2D eigenvalue weighted by Gasteiger charge is -2.36. The predicted molar refractivity (Wildman–Crippen MR) is 111 cm³/mol. The van der Waals surface area contributed by atoms with Gasteiger partial charge in [-0.1, -0.05) is 31.4 Å². The van der Waals surface area contributed by atoms with Gasteiger partial charge in [0.25, 0.3) is 11.8 Å². The van der Waals surface area contributed by atoms with Gasteiger partial charge in [-0.2, -0.15) is 0 Å². The molecule has 1 saturated carbocycles. The molecule has 4 amide bonds. The van der Waals surface area contributed by atoms with Crippen LogP contribution in [-0.2, 0) is 9.59 Å². The minimum atomic E-state index is -0.876. The van der Waals surface area contributed by atoms with Crippen LogP contribution in [0.25, 0.3) is 0 Å². The van der Waals surface area contributed by atoms with Crippen LogP contribution in [-0.4, -0.2) is 58.6 Å². The molecule has 1 unspecified atom stereocenters. The number of hydrogen-bond acceptors (Lipinski definition) is 4. The van der Waals surface area contributed by atoms with Gasteiger partial charge in [-0.15, -0.1) is 0 Å². The number of carbonyl (C=O) groups excluding carboxylic acids is 4. The molecule has 2 fully saturated rings. The van der Waals surface area contributed by atoms with Crippen LogP contribution in [0.4, 0.5) is 0 Å². The summed E-state index contributed by atoms with van der Waals surface area (Å²) in [6.45, 7) is 2.86. The molecule has 0 bridgehead atoms. The van der Waals surface area contributed by atoms with E-state index in [-0.39, 0.29) is 23.8 Å². The first kappa shape index (κ1) is 20.6. The monoisotopic (exact) mass is 411 g/mol. The molecule has 3 aliphatic rings. The third kappa shape index (κ3) is 3.85. The van der Waals surface area contributed by atoms with Gasteiger partial charge in [0.1, 0.15) is 6.04 Å². The highest BCUT2D eigenvalue weighted by Gasteiger charge is 2.41. The zero-order valence-electron chi connectivity index (χ0n) is 17.4. The molecule has 7 nitrogen and oxygen atoms in total. The lowest BCUT2D eigenvalue weighted by Crippen LogP contribution is -2.53. The Balaban J connectivity index is 1.30. The second-order valence-corrected chi connectivity index (χ2v) is 8.64. The highest BCUT2D eigenvalue weighted by Crippen LogP contribution is 2.27. The summed E-state index contributed by atoms with van der Waals surface area (Å²) < 4.78 is 0. The number of imide groups is 1. The topological polar surface area (TPSA) is 86.8 Å². The molecule has 0 aromatic heterocycles. The van der Waals surface area contributed by atoms with Crippen molar-refractivity contribution in [3.8, 4) is 0 Å². The molecule has 1 aromatic carbocycles. The molecule has 2 aliphatic heterocycles. The summed E-state index contributed by atoms with van der Waals surface area (Å²) in [5.41, 5.74) is 0.688. The van der Waals surface area contributed by atoms with E-state index in [1.54, 1.807) is 31.2 Å². The Morgan fingerprint density at radius 1 is 0.933 bits per heavy atom. The van der Waals surface area contributed by atoms with Crippen molar-refractivity contribution in [3.05, 3.63) is 35.4 Å². The number of carbonyl (C=O) groups is 4. The van der Waals surface area contributed by atoms with Crippen molar-refractivity contribution in [2.24, 2.45) is 5.92 Å². The first-order valence-corrected chi connectivity index (χ1v) is 11.0. The number of amides is 4. The number of nitrogens with one attached hydrogen (secondary N) is 1. The van der Waals surface area contributed by atoms with E-state index in [0.717, 1.165) is 30.6 Å². The van der Waals surface area contributed by atoms with E-state index in [1.165, 1.54) is 6.42 Å². The SMILES string of the molecule is CC(C(=O)NC1CCN(C(=O)C2CCCCC2)CC1)N1C(=O)c2ccccc2C1=O. The van der Waals surface area contributed by atoms with Crippen molar-refractivity contribution in [1.29, 1.82) is 0 Å². The predicted octanol–water partition coefficient (Wildman–Crippen LogP) is 2.36. The molecule has 30 heavy (non-hydrogen) atoms. The molecule has 1 atom stereocenters. The molecular weight excluding hydrogens is 382 g/mol. The summed E-state index contributed by atoms with van der Waals surface area (Å²) in [5.74, 6) is -0.753. The Labute approximate surface area is 176 Å². The summed E-state index contributed by atoms with van der Waals surface area (Å²) in [5, 5.41) is 2.98. The zero-order valence-corrected chi connectivity index (χ0v) is 17.4. The summed E-state index contributed by atoms with van der Waals surface area (Å²) in [4.78, 5) is 53.6. The van der Waals surface area contributed by atoms with E-state index < -0.39 is 17.9 Å². The van der Waals surface area contributed by atoms with Crippen molar-refractivity contribution < 1.29 is 19.2 Å². The Bertz CT molecular complexity index is 819. The van der Waals surface area contributed by atoms with E-state index in [9.17, 15) is 19.2 Å². The molecule has 160 valence electrons. The molecule has 2 heterocycles. The lowest BCUT2D eigenvalue weighted by molar-refractivity contribution is -0.137. The number of rotatable bonds is 4. The first-order valence-electron chi connectivity index (χ1n) is 11.0. The maximum Gasteiger partial charge on any atom is 0.262 e. The number of hydrogen-bond donors (Lipinski definition) is 1. The number of fused-ring (bicyclic) bond motifs is 1. The van der Waals surface area contributed by atoms with Crippen LogP contribution < -0.4 is 5.32 Å². The molecule has 1 aromatic rings. The van der Waals surface area contributed by atoms with Crippen LogP contribution in [0.5, 0.6) is 0 Å². The molecule has 4 rings (SSSR count). The van der Waals surface area contributed by atoms with Gasteiger partial charge in [0.2, 0.25) is 11.8 Å².